The molecule has 23 heavy (non-hydrogen) atoms. The normalized spacial score (nSPS) is 10.0. The average Bonchev–Trinajstić information content (AvgIpc) is 2.54. The number of hydrogen-bond donors (Lipinski definition) is 2. The van der Waals surface area contributed by atoms with Crippen LogP contribution in [0.25, 0.3) is 0 Å². The molecule has 0 aliphatic rings. The largest absolute Gasteiger partial charge is 0.342 e. The number of pyridine rings is 1. The highest BCUT2D eigenvalue weighted by Gasteiger charge is 2.06. The van der Waals surface area contributed by atoms with Crippen LogP contribution in [0.2, 0.25) is 0 Å². The molecule has 6 nitrogen and oxygen atoms in total. The highest BCUT2D eigenvalue weighted by atomic mass is 16.2. The van der Waals surface area contributed by atoms with E-state index in [1.807, 2.05) is 30.3 Å². The van der Waals surface area contributed by atoms with Gasteiger partial charge in [-0.25, -0.2) is 4.79 Å². The predicted octanol–water partition coefficient (Wildman–Crippen LogP) is 2.38. The van der Waals surface area contributed by atoms with E-state index in [4.69, 9.17) is 0 Å². The van der Waals surface area contributed by atoms with E-state index in [0.717, 1.165) is 11.1 Å². The summed E-state index contributed by atoms with van der Waals surface area (Å²) in [6.07, 6.45) is 3.39. The van der Waals surface area contributed by atoms with Gasteiger partial charge >= 0.3 is 6.03 Å². The summed E-state index contributed by atoms with van der Waals surface area (Å²) in [4.78, 5) is 28.8. The zero-order valence-electron chi connectivity index (χ0n) is 13.2. The van der Waals surface area contributed by atoms with E-state index in [9.17, 15) is 9.59 Å². The van der Waals surface area contributed by atoms with Gasteiger partial charge in [-0.15, -0.1) is 0 Å². The maximum absolute atomic E-state index is 11.9. The van der Waals surface area contributed by atoms with Crippen molar-refractivity contribution in [2.45, 2.75) is 20.0 Å². The molecule has 0 unspecified atom stereocenters. The van der Waals surface area contributed by atoms with Gasteiger partial charge in [0.1, 0.15) is 0 Å². The molecule has 1 aromatic carbocycles. The summed E-state index contributed by atoms with van der Waals surface area (Å²) in [7, 11) is 1.74. The molecular weight excluding hydrogens is 292 g/mol. The number of anilines is 1. The van der Waals surface area contributed by atoms with Crippen molar-refractivity contribution in [3.63, 3.8) is 0 Å². The molecule has 0 saturated heterocycles. The van der Waals surface area contributed by atoms with E-state index in [2.05, 4.69) is 15.6 Å². The Kier molecular flexibility index (Phi) is 5.68. The monoisotopic (exact) mass is 312 g/mol. The van der Waals surface area contributed by atoms with Crippen molar-refractivity contribution in [3.05, 3.63) is 59.9 Å². The van der Waals surface area contributed by atoms with Crippen LogP contribution in [0.3, 0.4) is 0 Å². The molecule has 0 spiro atoms. The summed E-state index contributed by atoms with van der Waals surface area (Å²) in [5.41, 5.74) is 2.57. The summed E-state index contributed by atoms with van der Waals surface area (Å²) in [6.45, 7) is 2.43. The minimum absolute atomic E-state index is 0.00224. The van der Waals surface area contributed by atoms with Gasteiger partial charge in [0.05, 0.1) is 0 Å². The zero-order valence-corrected chi connectivity index (χ0v) is 13.2. The molecule has 6 heteroatoms. The first kappa shape index (κ1) is 16.5. The first-order chi connectivity index (χ1) is 11.0. The molecule has 2 aromatic rings. The zero-order chi connectivity index (χ0) is 16.7. The van der Waals surface area contributed by atoms with E-state index in [-0.39, 0.29) is 11.9 Å². The Morgan fingerprint density at radius 2 is 1.96 bits per heavy atom. The van der Waals surface area contributed by atoms with Gasteiger partial charge in [0.2, 0.25) is 5.91 Å². The van der Waals surface area contributed by atoms with Crippen LogP contribution >= 0.6 is 0 Å². The van der Waals surface area contributed by atoms with Gasteiger partial charge in [-0.2, -0.15) is 0 Å². The van der Waals surface area contributed by atoms with Crippen LogP contribution in [0.4, 0.5) is 10.5 Å². The molecule has 0 fully saturated rings. The van der Waals surface area contributed by atoms with Gasteiger partial charge < -0.3 is 15.5 Å². The minimum Gasteiger partial charge on any atom is -0.342 e. The SMILES string of the molecule is CC(=O)N(C)Cc1cccc(NC(=O)NCc2cccnc2)c1. The molecule has 0 aliphatic carbocycles. The summed E-state index contributed by atoms with van der Waals surface area (Å²) < 4.78 is 0. The molecule has 0 atom stereocenters. The van der Waals surface area contributed by atoms with Crippen molar-refractivity contribution in [2.24, 2.45) is 0 Å². The Labute approximate surface area is 135 Å². The average molecular weight is 312 g/mol. The topological polar surface area (TPSA) is 74.3 Å². The predicted molar refractivity (Wildman–Crippen MR) is 88.7 cm³/mol. The first-order valence-electron chi connectivity index (χ1n) is 7.29. The highest BCUT2D eigenvalue weighted by molar-refractivity contribution is 5.89. The molecule has 0 radical (unpaired) electrons. The smallest absolute Gasteiger partial charge is 0.319 e. The summed E-state index contributed by atoms with van der Waals surface area (Å²) in [5.74, 6) is -0.00224. The minimum atomic E-state index is -0.286. The number of carbonyl (C=O) groups is 2. The summed E-state index contributed by atoms with van der Waals surface area (Å²) >= 11 is 0. The molecule has 0 bridgehead atoms. The van der Waals surface area contributed by atoms with Crippen molar-refractivity contribution in [1.82, 2.24) is 15.2 Å². The van der Waals surface area contributed by atoms with Gasteiger partial charge in [0, 0.05) is 45.1 Å². The van der Waals surface area contributed by atoms with Gasteiger partial charge in [0.25, 0.3) is 0 Å². The number of urea groups is 1. The Bertz CT molecular complexity index is 673. The quantitative estimate of drug-likeness (QED) is 0.890. The number of nitrogens with zero attached hydrogens (tertiary/aromatic N) is 2. The van der Waals surface area contributed by atoms with Gasteiger partial charge in [-0.3, -0.25) is 9.78 Å². The van der Waals surface area contributed by atoms with Crippen LogP contribution in [-0.4, -0.2) is 28.9 Å². The lowest BCUT2D eigenvalue weighted by molar-refractivity contribution is -0.128. The number of carbonyl (C=O) groups excluding carboxylic acids is 2. The van der Waals surface area contributed by atoms with Crippen LogP contribution in [0.15, 0.2) is 48.8 Å². The van der Waals surface area contributed by atoms with E-state index >= 15 is 0 Å². The number of amides is 3. The van der Waals surface area contributed by atoms with Crippen LogP contribution < -0.4 is 10.6 Å². The van der Waals surface area contributed by atoms with E-state index in [1.54, 1.807) is 30.4 Å². The molecule has 1 aromatic heterocycles. The Morgan fingerprint density at radius 3 is 2.65 bits per heavy atom. The fourth-order valence-electron chi connectivity index (χ4n) is 1.99. The van der Waals surface area contributed by atoms with E-state index in [1.165, 1.54) is 6.92 Å². The molecular formula is C17H20N4O2. The molecule has 3 amide bonds. The second-order valence-corrected chi connectivity index (χ2v) is 5.24. The van der Waals surface area contributed by atoms with Gasteiger partial charge in [0.15, 0.2) is 0 Å². The number of nitrogens with one attached hydrogen (secondary N) is 2. The van der Waals surface area contributed by atoms with Crippen LogP contribution in [0.5, 0.6) is 0 Å². The van der Waals surface area contributed by atoms with E-state index in [0.29, 0.717) is 18.8 Å². The Balaban J connectivity index is 1.89. The van der Waals surface area contributed by atoms with Crippen LogP contribution in [0.1, 0.15) is 18.1 Å². The van der Waals surface area contributed by atoms with Crippen molar-refractivity contribution in [3.8, 4) is 0 Å². The van der Waals surface area contributed by atoms with E-state index < -0.39 is 0 Å². The van der Waals surface area contributed by atoms with Crippen molar-refractivity contribution >= 4 is 17.6 Å². The third-order valence-electron chi connectivity index (χ3n) is 3.32. The Hall–Kier alpha value is -2.89. The number of benzene rings is 1. The second-order valence-electron chi connectivity index (χ2n) is 5.24. The lowest BCUT2D eigenvalue weighted by Gasteiger charge is -2.15. The van der Waals surface area contributed by atoms with Crippen LogP contribution in [0, 0.1) is 0 Å². The van der Waals surface area contributed by atoms with Gasteiger partial charge in [-0.05, 0) is 29.3 Å². The van der Waals surface area contributed by atoms with Crippen LogP contribution in [-0.2, 0) is 17.9 Å². The first-order valence-corrected chi connectivity index (χ1v) is 7.29. The number of aromatic nitrogens is 1. The van der Waals surface area contributed by atoms with Crippen molar-refractivity contribution in [2.75, 3.05) is 12.4 Å². The fourth-order valence-corrected chi connectivity index (χ4v) is 1.99. The standard InChI is InChI=1S/C17H20N4O2/c1-13(22)21(2)12-14-5-3-7-16(9-14)20-17(23)19-11-15-6-4-8-18-10-15/h3-10H,11-12H2,1-2H3,(H2,19,20,23). The van der Waals surface area contributed by atoms with Gasteiger partial charge in [-0.1, -0.05) is 18.2 Å². The second kappa shape index (κ2) is 7.93. The lowest BCUT2D eigenvalue weighted by atomic mass is 10.2. The number of rotatable bonds is 5. The summed E-state index contributed by atoms with van der Waals surface area (Å²) in [6, 6.07) is 10.9. The molecule has 1 heterocycles. The van der Waals surface area contributed by atoms with Crippen molar-refractivity contribution in [1.29, 1.82) is 0 Å². The lowest BCUT2D eigenvalue weighted by Crippen LogP contribution is -2.28. The Morgan fingerprint density at radius 1 is 1.17 bits per heavy atom. The third kappa shape index (κ3) is 5.43. The number of hydrogen-bond acceptors (Lipinski definition) is 3. The summed E-state index contributed by atoms with van der Waals surface area (Å²) in [5, 5.41) is 5.55. The third-order valence-corrected chi connectivity index (χ3v) is 3.32. The highest BCUT2D eigenvalue weighted by Crippen LogP contribution is 2.12. The molecule has 120 valence electrons. The maximum Gasteiger partial charge on any atom is 0.319 e. The maximum atomic E-state index is 11.9. The van der Waals surface area contributed by atoms with Crippen molar-refractivity contribution < 1.29 is 9.59 Å². The molecule has 2 rings (SSSR count). The molecule has 0 aliphatic heterocycles. The molecule has 0 saturated carbocycles. The fraction of sp³-hybridized carbons (Fsp3) is 0.235. The molecule has 2 N–H and O–H groups in total.